The van der Waals surface area contributed by atoms with E-state index in [-0.39, 0.29) is 20.7 Å². The number of halogens is 3. The van der Waals surface area contributed by atoms with E-state index in [2.05, 4.69) is 25.6 Å². The van der Waals surface area contributed by atoms with Gasteiger partial charge in [-0.15, -0.1) is 0 Å². The molecule has 2 rings (SSSR count). The molecule has 1 aromatic carbocycles. The first-order chi connectivity index (χ1) is 8.79. The number of sulfonamides is 1. The van der Waals surface area contributed by atoms with Crippen LogP contribution in [0.4, 0.5) is 15.2 Å². The molecular formula is C9H6BrClFN3O2S2. The number of nitrogen functional groups attached to an aromatic ring is 1. The molecule has 0 fully saturated rings. The number of nitrogens with two attached hydrogens (primary N) is 1. The number of aromatic nitrogens is 1. The number of hydrogen-bond acceptors (Lipinski definition) is 5. The minimum atomic E-state index is -3.97. The number of anilines is 2. The zero-order valence-electron chi connectivity index (χ0n) is 9.02. The fraction of sp³-hybridized carbons (Fsp3) is 0. The van der Waals surface area contributed by atoms with Gasteiger partial charge in [0.05, 0.1) is 20.7 Å². The highest BCUT2D eigenvalue weighted by Gasteiger charge is 2.21. The van der Waals surface area contributed by atoms with Crippen LogP contribution in [0, 0.1) is 5.82 Å². The van der Waals surface area contributed by atoms with E-state index in [9.17, 15) is 12.8 Å². The van der Waals surface area contributed by atoms with Crippen LogP contribution in [-0.2, 0) is 10.0 Å². The monoisotopic (exact) mass is 385 g/mol. The zero-order valence-corrected chi connectivity index (χ0v) is 13.0. The Labute approximate surface area is 125 Å². The van der Waals surface area contributed by atoms with Crippen molar-refractivity contribution >= 4 is 59.7 Å². The van der Waals surface area contributed by atoms with Gasteiger partial charge in [0.1, 0.15) is 10.7 Å². The topological polar surface area (TPSA) is 85.1 Å². The van der Waals surface area contributed by atoms with Crippen molar-refractivity contribution in [1.82, 2.24) is 4.98 Å². The largest absolute Gasteiger partial charge is 0.396 e. The molecule has 0 spiro atoms. The number of thiazole rings is 1. The Balaban J connectivity index is 2.42. The lowest BCUT2D eigenvalue weighted by Gasteiger charge is -2.08. The van der Waals surface area contributed by atoms with Crippen molar-refractivity contribution in [3.05, 3.63) is 33.0 Å². The zero-order chi connectivity index (χ0) is 14.2. The summed E-state index contributed by atoms with van der Waals surface area (Å²) in [4.78, 5) is 3.52. The predicted octanol–water partition coefficient (Wildman–Crippen LogP) is 3.08. The highest BCUT2D eigenvalue weighted by Crippen LogP contribution is 2.30. The molecule has 0 aliphatic rings. The molecule has 0 aliphatic carbocycles. The number of benzene rings is 1. The molecule has 0 radical (unpaired) electrons. The third kappa shape index (κ3) is 3.16. The van der Waals surface area contributed by atoms with Crippen LogP contribution in [-0.4, -0.2) is 13.4 Å². The van der Waals surface area contributed by atoms with Gasteiger partial charge in [-0.25, -0.2) is 17.8 Å². The van der Waals surface area contributed by atoms with Crippen LogP contribution >= 0.6 is 38.9 Å². The van der Waals surface area contributed by atoms with Crippen molar-refractivity contribution in [3.63, 3.8) is 0 Å². The summed E-state index contributed by atoms with van der Waals surface area (Å²) >= 11 is 9.96. The molecule has 0 aliphatic heterocycles. The van der Waals surface area contributed by atoms with Crippen LogP contribution in [0.25, 0.3) is 0 Å². The van der Waals surface area contributed by atoms with Gasteiger partial charge in [0.25, 0.3) is 10.0 Å². The van der Waals surface area contributed by atoms with E-state index in [4.69, 9.17) is 17.3 Å². The maximum atomic E-state index is 13.1. The molecule has 0 unspecified atom stereocenters. The molecule has 0 saturated heterocycles. The average Bonchev–Trinajstić information content (AvgIpc) is 2.68. The molecule has 102 valence electrons. The standard InChI is InChI=1S/C9H6BrClFN3O2S2/c10-8-3-14-9(18-8)15-19(16,17)7-2-6(13)5(12)1-4(7)11/h1-3H,13H2,(H,14,15). The molecule has 0 saturated carbocycles. The maximum Gasteiger partial charge on any atom is 0.265 e. The smallest absolute Gasteiger partial charge is 0.265 e. The van der Waals surface area contributed by atoms with Gasteiger partial charge in [0.2, 0.25) is 0 Å². The number of nitrogens with zero attached hydrogens (tertiary/aromatic N) is 1. The number of hydrogen-bond donors (Lipinski definition) is 2. The summed E-state index contributed by atoms with van der Waals surface area (Å²) in [5, 5.41) is -0.0966. The van der Waals surface area contributed by atoms with Crippen molar-refractivity contribution in [2.45, 2.75) is 4.90 Å². The van der Waals surface area contributed by atoms with Gasteiger partial charge in [0.15, 0.2) is 5.13 Å². The van der Waals surface area contributed by atoms with Crippen LogP contribution < -0.4 is 10.5 Å². The summed E-state index contributed by atoms with van der Waals surface area (Å²) in [6.45, 7) is 0. The molecule has 0 bridgehead atoms. The van der Waals surface area contributed by atoms with Crippen molar-refractivity contribution in [2.75, 3.05) is 10.5 Å². The van der Waals surface area contributed by atoms with Crippen LogP contribution in [0.2, 0.25) is 5.02 Å². The van der Waals surface area contributed by atoms with Crippen LogP contribution in [0.3, 0.4) is 0 Å². The van der Waals surface area contributed by atoms with E-state index >= 15 is 0 Å². The SMILES string of the molecule is Nc1cc(S(=O)(=O)Nc2ncc(Br)s2)c(Cl)cc1F. The molecule has 0 amide bonds. The fourth-order valence-corrected chi connectivity index (χ4v) is 4.12. The normalized spacial score (nSPS) is 11.5. The number of nitrogens with one attached hydrogen (secondary N) is 1. The molecular weight excluding hydrogens is 381 g/mol. The Bertz CT molecular complexity index is 735. The van der Waals surface area contributed by atoms with Gasteiger partial charge in [0, 0.05) is 0 Å². The Hall–Kier alpha value is -0.900. The Kier molecular flexibility index (Phi) is 4.00. The highest BCUT2D eigenvalue weighted by molar-refractivity contribution is 9.11. The summed E-state index contributed by atoms with van der Waals surface area (Å²) in [6.07, 6.45) is 1.45. The lowest BCUT2D eigenvalue weighted by atomic mass is 10.3. The molecule has 5 nitrogen and oxygen atoms in total. The Morgan fingerprint density at radius 1 is 1.47 bits per heavy atom. The second kappa shape index (κ2) is 5.23. The van der Waals surface area contributed by atoms with Crippen LogP contribution in [0.1, 0.15) is 0 Å². The predicted molar refractivity (Wildman–Crippen MR) is 76.4 cm³/mol. The van der Waals surface area contributed by atoms with Gasteiger partial charge in [-0.05, 0) is 28.1 Å². The van der Waals surface area contributed by atoms with Crippen molar-refractivity contribution in [1.29, 1.82) is 0 Å². The minimum absolute atomic E-state index is 0.158. The van der Waals surface area contributed by atoms with Crippen molar-refractivity contribution < 1.29 is 12.8 Å². The first kappa shape index (κ1) is 14.5. The summed E-state index contributed by atoms with van der Waals surface area (Å²) in [7, 11) is -3.97. The summed E-state index contributed by atoms with van der Waals surface area (Å²) in [6, 6.07) is 1.81. The highest BCUT2D eigenvalue weighted by atomic mass is 79.9. The quantitative estimate of drug-likeness (QED) is 0.794. The van der Waals surface area contributed by atoms with E-state index < -0.39 is 15.8 Å². The first-order valence-electron chi connectivity index (χ1n) is 4.68. The minimum Gasteiger partial charge on any atom is -0.396 e. The van der Waals surface area contributed by atoms with Crippen molar-refractivity contribution in [3.8, 4) is 0 Å². The molecule has 1 aromatic heterocycles. The Morgan fingerprint density at radius 3 is 2.74 bits per heavy atom. The van der Waals surface area contributed by atoms with Crippen molar-refractivity contribution in [2.24, 2.45) is 0 Å². The molecule has 10 heteroatoms. The molecule has 2 aromatic rings. The van der Waals surface area contributed by atoms with Gasteiger partial charge in [-0.2, -0.15) is 0 Å². The van der Waals surface area contributed by atoms with E-state index in [0.29, 0.717) is 3.79 Å². The Morgan fingerprint density at radius 2 is 2.16 bits per heavy atom. The third-order valence-corrected chi connectivity index (χ3v) is 5.36. The lowest BCUT2D eigenvalue weighted by molar-refractivity contribution is 0.600. The summed E-state index contributed by atoms with van der Waals surface area (Å²) in [5.41, 5.74) is 5.04. The maximum absolute atomic E-state index is 13.1. The molecule has 1 heterocycles. The third-order valence-electron chi connectivity index (χ3n) is 2.04. The lowest BCUT2D eigenvalue weighted by Crippen LogP contribution is -2.14. The van der Waals surface area contributed by atoms with E-state index in [0.717, 1.165) is 23.5 Å². The first-order valence-corrected chi connectivity index (χ1v) is 8.15. The molecule has 3 N–H and O–H groups in total. The second-order valence-corrected chi connectivity index (χ2v) is 7.85. The second-order valence-electron chi connectivity index (χ2n) is 3.38. The van der Waals surface area contributed by atoms with Gasteiger partial charge in [-0.1, -0.05) is 22.9 Å². The average molecular weight is 387 g/mol. The molecule has 19 heavy (non-hydrogen) atoms. The van der Waals surface area contributed by atoms with E-state index in [1.54, 1.807) is 0 Å². The van der Waals surface area contributed by atoms with Gasteiger partial charge >= 0.3 is 0 Å². The van der Waals surface area contributed by atoms with Gasteiger partial charge in [-0.3, -0.25) is 4.72 Å². The van der Waals surface area contributed by atoms with Crippen LogP contribution in [0.15, 0.2) is 27.0 Å². The fourth-order valence-electron chi connectivity index (χ4n) is 1.22. The summed E-state index contributed by atoms with van der Waals surface area (Å²) < 4.78 is 40.2. The molecule has 0 atom stereocenters. The van der Waals surface area contributed by atoms with Crippen LogP contribution in [0.5, 0.6) is 0 Å². The van der Waals surface area contributed by atoms with E-state index in [1.807, 2.05) is 0 Å². The summed E-state index contributed by atoms with van der Waals surface area (Å²) in [5.74, 6) is -0.777. The van der Waals surface area contributed by atoms with E-state index in [1.165, 1.54) is 6.20 Å². The number of rotatable bonds is 3. The van der Waals surface area contributed by atoms with Gasteiger partial charge < -0.3 is 5.73 Å².